The topological polar surface area (TPSA) is 111 Å². The number of hydrogen-bond donors (Lipinski definition) is 3. The summed E-state index contributed by atoms with van der Waals surface area (Å²) in [6, 6.07) is 21.3. The number of carbonyl (C=O) groups excluding carboxylic acids is 1. The quantitative estimate of drug-likeness (QED) is 0.337. The summed E-state index contributed by atoms with van der Waals surface area (Å²) < 4.78 is 13.2. The normalized spacial score (nSPS) is 12.1. The van der Waals surface area contributed by atoms with Gasteiger partial charge < -0.3 is 15.0 Å². The van der Waals surface area contributed by atoms with E-state index in [2.05, 4.69) is 19.9 Å². The van der Waals surface area contributed by atoms with Gasteiger partial charge in [0, 0.05) is 16.7 Å². The lowest BCUT2D eigenvalue weighted by atomic mass is 10.0. The van der Waals surface area contributed by atoms with Crippen LogP contribution in [0, 0.1) is 5.82 Å². The monoisotopic (exact) mass is 478 g/mol. The van der Waals surface area contributed by atoms with Gasteiger partial charge in [-0.2, -0.15) is 0 Å². The fourth-order valence-electron chi connectivity index (χ4n) is 3.79. The number of benzene rings is 3. The highest BCUT2D eigenvalue weighted by atomic mass is 19.1. The van der Waals surface area contributed by atoms with E-state index in [9.17, 15) is 18.8 Å². The lowest BCUT2D eigenvalue weighted by Crippen LogP contribution is -2.46. The van der Waals surface area contributed by atoms with Crippen molar-refractivity contribution >= 4 is 17.9 Å². The Kier molecular flexibility index (Phi) is 6.07. The minimum atomic E-state index is -0.503. The van der Waals surface area contributed by atoms with Crippen LogP contribution in [0.15, 0.2) is 94.8 Å². The Morgan fingerprint density at radius 3 is 2.19 bits per heavy atom. The highest BCUT2D eigenvalue weighted by Gasteiger charge is 2.10. The number of aromatic nitrogens is 4. The van der Waals surface area contributed by atoms with Gasteiger partial charge in [0.15, 0.2) is 5.78 Å². The number of H-pyrrole nitrogens is 3. The maximum Gasteiger partial charge on any atom is 0.272 e. The van der Waals surface area contributed by atoms with Crippen LogP contribution < -0.4 is 21.8 Å². The first-order chi connectivity index (χ1) is 17.5. The summed E-state index contributed by atoms with van der Waals surface area (Å²) in [5.74, 6) is -0.715. The van der Waals surface area contributed by atoms with Gasteiger partial charge in [0.25, 0.3) is 11.1 Å². The van der Waals surface area contributed by atoms with Crippen LogP contribution in [0.2, 0.25) is 0 Å². The van der Waals surface area contributed by atoms with E-state index in [1.165, 1.54) is 42.7 Å². The van der Waals surface area contributed by atoms with Gasteiger partial charge >= 0.3 is 0 Å². The van der Waals surface area contributed by atoms with Gasteiger partial charge in [-0.25, -0.2) is 9.37 Å². The molecular formula is C28H19FN4O3. The van der Waals surface area contributed by atoms with Crippen molar-refractivity contribution in [2.75, 3.05) is 0 Å². The summed E-state index contributed by atoms with van der Waals surface area (Å²) in [6.07, 6.45) is 4.53. The zero-order valence-electron chi connectivity index (χ0n) is 18.8. The van der Waals surface area contributed by atoms with Gasteiger partial charge in [-0.1, -0.05) is 48.5 Å². The highest BCUT2D eigenvalue weighted by Crippen LogP contribution is 2.20. The molecule has 0 aliphatic carbocycles. The maximum absolute atomic E-state index is 13.2. The van der Waals surface area contributed by atoms with E-state index in [1.807, 2.05) is 30.3 Å². The van der Waals surface area contributed by atoms with Gasteiger partial charge in [0.1, 0.15) is 16.5 Å². The molecule has 0 radical (unpaired) electrons. The van der Waals surface area contributed by atoms with E-state index in [1.54, 1.807) is 24.3 Å². The molecule has 0 aliphatic heterocycles. The fraction of sp³-hybridized carbons (Fsp3) is 0. The van der Waals surface area contributed by atoms with Gasteiger partial charge in [-0.05, 0) is 48.0 Å². The fourth-order valence-corrected chi connectivity index (χ4v) is 3.79. The first kappa shape index (κ1) is 22.7. The molecule has 0 unspecified atom stereocenters. The third kappa shape index (κ3) is 4.74. The summed E-state index contributed by atoms with van der Waals surface area (Å²) in [6.45, 7) is 0. The first-order valence-electron chi connectivity index (χ1n) is 11.0. The Morgan fingerprint density at radius 2 is 1.47 bits per heavy atom. The largest absolute Gasteiger partial charge is 0.345 e. The van der Waals surface area contributed by atoms with Crippen LogP contribution in [0.3, 0.4) is 0 Å². The Morgan fingerprint density at radius 1 is 0.778 bits per heavy atom. The molecule has 2 heterocycles. The van der Waals surface area contributed by atoms with Crippen LogP contribution >= 0.6 is 0 Å². The second-order valence-corrected chi connectivity index (χ2v) is 8.02. The van der Waals surface area contributed by atoms with Crippen molar-refractivity contribution < 1.29 is 9.18 Å². The van der Waals surface area contributed by atoms with Crippen LogP contribution in [0.5, 0.6) is 0 Å². The Balaban J connectivity index is 1.51. The van der Waals surface area contributed by atoms with Gasteiger partial charge in [0.05, 0.1) is 17.7 Å². The van der Waals surface area contributed by atoms with Crippen LogP contribution in [0.1, 0.15) is 27.2 Å². The molecular weight excluding hydrogens is 459 g/mol. The van der Waals surface area contributed by atoms with E-state index in [0.29, 0.717) is 28.1 Å². The van der Waals surface area contributed by atoms with Crippen molar-refractivity contribution in [3.8, 4) is 11.3 Å². The summed E-state index contributed by atoms with van der Waals surface area (Å²) in [4.78, 5) is 50.7. The van der Waals surface area contributed by atoms with E-state index < -0.39 is 16.9 Å². The number of ketones is 1. The van der Waals surface area contributed by atoms with Crippen molar-refractivity contribution in [3.63, 3.8) is 0 Å². The Labute approximate surface area is 203 Å². The predicted molar refractivity (Wildman–Crippen MR) is 134 cm³/mol. The number of halogens is 1. The van der Waals surface area contributed by atoms with E-state index >= 15 is 0 Å². The standard InChI is InChI=1S/C28H19FN4O3/c29-21-11-9-19(10-12-21)26(34)20-8-4-5-17(13-20)14-23-27(35)33-24(28(36)32-23)15-22-25(31-16-30-22)18-6-2-1-3-7-18/h1-16H,(H,30,31)(H,32,36)(H,33,35). The van der Waals surface area contributed by atoms with Gasteiger partial charge in [-0.15, -0.1) is 0 Å². The Hall–Kier alpha value is -5.11. The lowest BCUT2D eigenvalue weighted by Gasteiger charge is -2.03. The van der Waals surface area contributed by atoms with Gasteiger partial charge in [-0.3, -0.25) is 14.4 Å². The average Bonchev–Trinajstić information content (AvgIpc) is 3.36. The number of nitrogens with zero attached hydrogens (tertiary/aromatic N) is 1. The molecule has 0 saturated heterocycles. The molecule has 3 aromatic carbocycles. The van der Waals surface area contributed by atoms with Crippen molar-refractivity contribution in [2.24, 2.45) is 0 Å². The number of aromatic amines is 3. The van der Waals surface area contributed by atoms with Crippen molar-refractivity contribution in [3.05, 3.63) is 145 Å². The SMILES string of the molecule is O=C(c1ccc(F)cc1)c1cccc(C=c2[nH]c(=O)c(=Cc3[nH]cnc3-c3ccccc3)[nH]c2=O)c1. The molecule has 36 heavy (non-hydrogen) atoms. The Bertz CT molecular complexity index is 1800. The summed E-state index contributed by atoms with van der Waals surface area (Å²) in [7, 11) is 0. The van der Waals surface area contributed by atoms with E-state index in [4.69, 9.17) is 0 Å². The number of imidazole rings is 1. The van der Waals surface area contributed by atoms with Crippen molar-refractivity contribution in [1.29, 1.82) is 0 Å². The molecule has 3 N–H and O–H groups in total. The molecule has 5 aromatic rings. The minimum Gasteiger partial charge on any atom is -0.345 e. The third-order valence-corrected chi connectivity index (χ3v) is 5.56. The third-order valence-electron chi connectivity index (χ3n) is 5.56. The number of rotatable bonds is 5. The first-order valence-corrected chi connectivity index (χ1v) is 11.0. The van der Waals surface area contributed by atoms with E-state index in [0.717, 1.165) is 5.56 Å². The molecule has 0 bridgehead atoms. The molecule has 0 atom stereocenters. The average molecular weight is 478 g/mol. The number of hydrogen-bond acceptors (Lipinski definition) is 4. The predicted octanol–water partition coefficient (Wildman–Crippen LogP) is 2.48. The van der Waals surface area contributed by atoms with E-state index in [-0.39, 0.29) is 16.5 Å². The molecule has 0 fully saturated rings. The van der Waals surface area contributed by atoms with Gasteiger partial charge in [0.2, 0.25) is 0 Å². The molecule has 8 heteroatoms. The maximum atomic E-state index is 13.2. The summed E-state index contributed by atoms with van der Waals surface area (Å²) in [5, 5.41) is 0.107. The smallest absolute Gasteiger partial charge is 0.272 e. The second kappa shape index (κ2) is 9.63. The number of carbonyl (C=O) groups is 1. The molecule has 0 aliphatic rings. The molecule has 0 saturated carbocycles. The summed E-state index contributed by atoms with van der Waals surface area (Å²) >= 11 is 0. The van der Waals surface area contributed by atoms with Crippen molar-refractivity contribution in [1.82, 2.24) is 19.9 Å². The molecule has 5 rings (SSSR count). The molecule has 2 aromatic heterocycles. The summed E-state index contributed by atoms with van der Waals surface area (Å²) in [5.41, 5.74) is 2.34. The number of nitrogens with one attached hydrogen (secondary N) is 3. The molecule has 0 spiro atoms. The molecule has 7 nitrogen and oxygen atoms in total. The second-order valence-electron chi connectivity index (χ2n) is 8.02. The highest BCUT2D eigenvalue weighted by molar-refractivity contribution is 6.09. The van der Waals surface area contributed by atoms with Crippen LogP contribution in [0.25, 0.3) is 23.4 Å². The van der Waals surface area contributed by atoms with Crippen molar-refractivity contribution in [2.45, 2.75) is 0 Å². The molecule has 0 amide bonds. The minimum absolute atomic E-state index is 0.0384. The zero-order chi connectivity index (χ0) is 25.1. The van der Waals surface area contributed by atoms with Crippen LogP contribution in [0.4, 0.5) is 4.39 Å². The van der Waals surface area contributed by atoms with Crippen LogP contribution in [-0.4, -0.2) is 25.7 Å². The zero-order valence-corrected chi connectivity index (χ0v) is 18.8. The van der Waals surface area contributed by atoms with Crippen LogP contribution in [-0.2, 0) is 0 Å². The lowest BCUT2D eigenvalue weighted by molar-refractivity contribution is 0.103. The molecule has 176 valence electrons.